The summed E-state index contributed by atoms with van der Waals surface area (Å²) in [5, 5.41) is 0. The SMILES string of the molecule is CC/C=C\CC(C)c1ccc(OCC)c(C(C)(C)C)c1. The Morgan fingerprint density at radius 1 is 1.15 bits per heavy atom. The van der Waals surface area contributed by atoms with Gasteiger partial charge < -0.3 is 4.74 Å². The maximum Gasteiger partial charge on any atom is 0.123 e. The van der Waals surface area contributed by atoms with E-state index in [1.807, 2.05) is 6.92 Å². The molecule has 1 atom stereocenters. The third-order valence-corrected chi connectivity index (χ3v) is 3.57. The van der Waals surface area contributed by atoms with Crippen LogP contribution in [0.2, 0.25) is 0 Å². The van der Waals surface area contributed by atoms with Crippen molar-refractivity contribution in [1.29, 1.82) is 0 Å². The van der Waals surface area contributed by atoms with Gasteiger partial charge in [-0.25, -0.2) is 0 Å². The molecule has 1 nitrogen and oxygen atoms in total. The Bertz CT molecular complexity index is 438. The molecule has 112 valence electrons. The van der Waals surface area contributed by atoms with Crippen LogP contribution in [0.1, 0.15) is 71.4 Å². The maximum absolute atomic E-state index is 5.78. The van der Waals surface area contributed by atoms with Gasteiger partial charge in [-0.2, -0.15) is 0 Å². The molecule has 1 heteroatoms. The van der Waals surface area contributed by atoms with E-state index in [-0.39, 0.29) is 5.41 Å². The van der Waals surface area contributed by atoms with E-state index < -0.39 is 0 Å². The van der Waals surface area contributed by atoms with E-state index in [9.17, 15) is 0 Å². The summed E-state index contributed by atoms with van der Waals surface area (Å²) in [6.45, 7) is 14.0. The minimum Gasteiger partial charge on any atom is -0.494 e. The standard InChI is InChI=1S/C19H30O/c1-7-9-10-11-15(3)16-12-13-18(20-8-2)17(14-16)19(4,5)6/h9-10,12-15H,7-8,11H2,1-6H3/b10-9-. The molecule has 0 aliphatic carbocycles. The molecular formula is C19H30O. The van der Waals surface area contributed by atoms with Crippen LogP contribution in [0.5, 0.6) is 5.75 Å². The highest BCUT2D eigenvalue weighted by Crippen LogP contribution is 2.34. The first-order valence-corrected chi connectivity index (χ1v) is 7.82. The minimum absolute atomic E-state index is 0.111. The van der Waals surface area contributed by atoms with Crippen LogP contribution in [0.3, 0.4) is 0 Å². The van der Waals surface area contributed by atoms with Crippen molar-refractivity contribution in [2.45, 2.75) is 65.7 Å². The van der Waals surface area contributed by atoms with E-state index in [4.69, 9.17) is 4.74 Å². The lowest BCUT2D eigenvalue weighted by Gasteiger charge is -2.24. The summed E-state index contributed by atoms with van der Waals surface area (Å²) in [5.74, 6) is 1.58. The summed E-state index contributed by atoms with van der Waals surface area (Å²) in [7, 11) is 0. The molecule has 1 rings (SSSR count). The lowest BCUT2D eigenvalue weighted by atomic mass is 9.83. The second-order valence-corrected chi connectivity index (χ2v) is 6.46. The average Bonchev–Trinajstić information content (AvgIpc) is 2.38. The van der Waals surface area contributed by atoms with Crippen LogP contribution in [-0.4, -0.2) is 6.61 Å². The Labute approximate surface area is 125 Å². The van der Waals surface area contributed by atoms with Gasteiger partial charge in [-0.05, 0) is 48.3 Å². The van der Waals surface area contributed by atoms with Gasteiger partial charge in [0.1, 0.15) is 5.75 Å². The predicted molar refractivity (Wildman–Crippen MR) is 88.8 cm³/mol. The minimum atomic E-state index is 0.111. The lowest BCUT2D eigenvalue weighted by molar-refractivity contribution is 0.329. The molecule has 0 radical (unpaired) electrons. The summed E-state index contributed by atoms with van der Waals surface area (Å²) in [4.78, 5) is 0. The highest BCUT2D eigenvalue weighted by atomic mass is 16.5. The molecule has 0 spiro atoms. The molecule has 1 aromatic rings. The van der Waals surface area contributed by atoms with Gasteiger partial charge in [-0.1, -0.05) is 58.9 Å². The van der Waals surface area contributed by atoms with Crippen LogP contribution in [-0.2, 0) is 5.41 Å². The van der Waals surface area contributed by atoms with Crippen molar-refractivity contribution >= 4 is 0 Å². The van der Waals surface area contributed by atoms with Crippen molar-refractivity contribution < 1.29 is 4.74 Å². The van der Waals surface area contributed by atoms with Crippen LogP contribution in [0.15, 0.2) is 30.4 Å². The second-order valence-electron chi connectivity index (χ2n) is 6.46. The molecular weight excluding hydrogens is 244 g/mol. The van der Waals surface area contributed by atoms with Gasteiger partial charge in [0.2, 0.25) is 0 Å². The largest absolute Gasteiger partial charge is 0.494 e. The first-order chi connectivity index (χ1) is 9.40. The quantitative estimate of drug-likeness (QED) is 0.592. The molecule has 0 aliphatic rings. The van der Waals surface area contributed by atoms with Gasteiger partial charge in [0.15, 0.2) is 0 Å². The molecule has 0 heterocycles. The highest BCUT2D eigenvalue weighted by molar-refractivity contribution is 5.42. The van der Waals surface area contributed by atoms with E-state index in [2.05, 4.69) is 65.0 Å². The number of hydrogen-bond donors (Lipinski definition) is 0. The first-order valence-electron chi connectivity index (χ1n) is 7.82. The van der Waals surface area contributed by atoms with E-state index in [1.54, 1.807) is 0 Å². The molecule has 0 saturated heterocycles. The molecule has 1 aromatic carbocycles. The van der Waals surface area contributed by atoms with Gasteiger partial charge in [0, 0.05) is 0 Å². The van der Waals surface area contributed by atoms with Crippen LogP contribution in [0.25, 0.3) is 0 Å². The molecule has 0 aromatic heterocycles. The average molecular weight is 274 g/mol. The maximum atomic E-state index is 5.78. The summed E-state index contributed by atoms with van der Waals surface area (Å²) in [5.41, 5.74) is 2.82. The van der Waals surface area contributed by atoms with E-state index >= 15 is 0 Å². The zero-order valence-corrected chi connectivity index (χ0v) is 14.0. The third kappa shape index (κ3) is 4.70. The number of rotatable bonds is 6. The summed E-state index contributed by atoms with van der Waals surface area (Å²) in [6, 6.07) is 6.68. The van der Waals surface area contributed by atoms with Crippen molar-refractivity contribution in [3.05, 3.63) is 41.5 Å². The Balaban J connectivity index is 3.03. The number of benzene rings is 1. The van der Waals surface area contributed by atoms with Gasteiger partial charge in [-0.15, -0.1) is 0 Å². The third-order valence-electron chi connectivity index (χ3n) is 3.57. The molecule has 20 heavy (non-hydrogen) atoms. The first kappa shape index (κ1) is 16.8. The van der Waals surface area contributed by atoms with Crippen LogP contribution in [0.4, 0.5) is 0 Å². The molecule has 0 fully saturated rings. The van der Waals surface area contributed by atoms with E-state index in [1.165, 1.54) is 11.1 Å². The fraction of sp³-hybridized carbons (Fsp3) is 0.579. The van der Waals surface area contributed by atoms with E-state index in [0.29, 0.717) is 5.92 Å². The summed E-state index contributed by atoms with van der Waals surface area (Å²) >= 11 is 0. The molecule has 0 N–H and O–H groups in total. The van der Waals surface area contributed by atoms with Gasteiger partial charge in [0.05, 0.1) is 6.61 Å². The lowest BCUT2D eigenvalue weighted by Crippen LogP contribution is -2.14. The van der Waals surface area contributed by atoms with Crippen molar-refractivity contribution in [3.63, 3.8) is 0 Å². The van der Waals surface area contributed by atoms with Crippen molar-refractivity contribution in [2.24, 2.45) is 0 Å². The highest BCUT2D eigenvalue weighted by Gasteiger charge is 2.20. The summed E-state index contributed by atoms with van der Waals surface area (Å²) in [6.07, 6.45) is 6.75. The van der Waals surface area contributed by atoms with Crippen molar-refractivity contribution in [1.82, 2.24) is 0 Å². The predicted octanol–water partition coefficient (Wildman–Crippen LogP) is 5.84. The monoisotopic (exact) mass is 274 g/mol. The molecule has 1 unspecified atom stereocenters. The topological polar surface area (TPSA) is 9.23 Å². The Morgan fingerprint density at radius 3 is 2.40 bits per heavy atom. The van der Waals surface area contributed by atoms with Crippen LogP contribution >= 0.6 is 0 Å². The smallest absolute Gasteiger partial charge is 0.123 e. The van der Waals surface area contributed by atoms with Crippen molar-refractivity contribution in [3.8, 4) is 5.75 Å². The Morgan fingerprint density at radius 2 is 1.85 bits per heavy atom. The number of ether oxygens (including phenoxy) is 1. The zero-order valence-electron chi connectivity index (χ0n) is 14.0. The van der Waals surface area contributed by atoms with Gasteiger partial charge in [0.25, 0.3) is 0 Å². The van der Waals surface area contributed by atoms with Crippen LogP contribution < -0.4 is 4.74 Å². The molecule has 0 saturated carbocycles. The Kier molecular flexibility index (Phi) is 6.32. The van der Waals surface area contributed by atoms with Gasteiger partial charge in [-0.3, -0.25) is 0 Å². The second kappa shape index (κ2) is 7.52. The molecule has 0 bridgehead atoms. The van der Waals surface area contributed by atoms with Crippen LogP contribution in [0, 0.1) is 0 Å². The summed E-state index contributed by atoms with van der Waals surface area (Å²) < 4.78 is 5.78. The fourth-order valence-corrected chi connectivity index (χ4v) is 2.32. The molecule has 0 aliphatic heterocycles. The number of hydrogen-bond acceptors (Lipinski definition) is 1. The van der Waals surface area contributed by atoms with Crippen molar-refractivity contribution in [2.75, 3.05) is 6.61 Å². The van der Waals surface area contributed by atoms with Gasteiger partial charge >= 0.3 is 0 Å². The van der Waals surface area contributed by atoms with E-state index in [0.717, 1.165) is 25.2 Å². The fourth-order valence-electron chi connectivity index (χ4n) is 2.32. The number of allylic oxidation sites excluding steroid dienone is 2. The zero-order chi connectivity index (χ0) is 15.2. The normalized spacial score (nSPS) is 13.7. The Hall–Kier alpha value is -1.24. The molecule has 0 amide bonds.